The highest BCUT2D eigenvalue weighted by molar-refractivity contribution is 7.99. The van der Waals surface area contributed by atoms with Gasteiger partial charge in [-0.2, -0.15) is 11.8 Å². The maximum Gasteiger partial charge on any atom is 0.324 e. The summed E-state index contributed by atoms with van der Waals surface area (Å²) < 4.78 is 13.0. The zero-order valence-electron chi connectivity index (χ0n) is 42.0. The van der Waals surface area contributed by atoms with E-state index in [9.17, 15) is 38.7 Å². The molecular weight excluding hydrogens is 893 g/mol. The third kappa shape index (κ3) is 19.2. The predicted molar refractivity (Wildman–Crippen MR) is 263 cm³/mol. The number of nitrogens with one attached hydrogen (secondary N) is 3. The largest absolute Gasteiger partial charge is 0.487 e. The summed E-state index contributed by atoms with van der Waals surface area (Å²) >= 11 is 0.997. The molecule has 1 fully saturated rings. The van der Waals surface area contributed by atoms with Gasteiger partial charge in [-0.3, -0.25) is 33.6 Å². The van der Waals surface area contributed by atoms with Crippen LogP contribution in [0.5, 0.6) is 11.5 Å². The lowest BCUT2D eigenvalue weighted by atomic mass is 9.82. The van der Waals surface area contributed by atoms with Gasteiger partial charge in [0.25, 0.3) is 0 Å². The molecule has 1 aliphatic carbocycles. The van der Waals surface area contributed by atoms with E-state index in [2.05, 4.69) is 50.6 Å². The molecule has 0 bridgehead atoms. The number of carbonyl (C=O) groups excluding carboxylic acids is 4. The molecule has 16 nitrogen and oxygen atoms in total. The lowest BCUT2D eigenvalue weighted by Crippen LogP contribution is -2.50. The lowest BCUT2D eigenvalue weighted by molar-refractivity contribution is -0.145. The third-order valence-corrected chi connectivity index (χ3v) is 15.2. The molecule has 0 saturated heterocycles. The van der Waals surface area contributed by atoms with E-state index < -0.39 is 72.1 Å². The highest BCUT2D eigenvalue weighted by atomic mass is 32.2. The maximum absolute atomic E-state index is 14.2. The molecule has 3 amide bonds. The molecule has 1 aromatic rings. The fourth-order valence-electron chi connectivity index (χ4n) is 9.27. The molecule has 8 N–H and O–H groups in total. The second kappa shape index (κ2) is 28.3. The van der Waals surface area contributed by atoms with E-state index in [1.165, 1.54) is 38.5 Å². The Labute approximate surface area is 408 Å². The summed E-state index contributed by atoms with van der Waals surface area (Å²) in [6.45, 7) is 16.7. The Morgan fingerprint density at radius 2 is 1.41 bits per heavy atom. The smallest absolute Gasteiger partial charge is 0.324 e. The molecule has 384 valence electrons. The summed E-state index contributed by atoms with van der Waals surface area (Å²) in [7, 11) is 0. The second-order valence-corrected chi connectivity index (χ2v) is 21.5. The highest BCUT2D eigenvalue weighted by Crippen LogP contribution is 2.45. The van der Waals surface area contributed by atoms with Gasteiger partial charge in [-0.1, -0.05) is 72.6 Å². The molecule has 1 heterocycles. The molecule has 17 heteroatoms. The van der Waals surface area contributed by atoms with Crippen LogP contribution in [0.3, 0.4) is 0 Å². The summed E-state index contributed by atoms with van der Waals surface area (Å²) in [5.41, 5.74) is 8.43. The van der Waals surface area contributed by atoms with Crippen LogP contribution in [-0.4, -0.2) is 99.2 Å². The fourth-order valence-corrected chi connectivity index (χ4v) is 10.4. The van der Waals surface area contributed by atoms with Crippen molar-refractivity contribution in [2.24, 2.45) is 41.2 Å². The first-order valence-electron chi connectivity index (χ1n) is 24.9. The van der Waals surface area contributed by atoms with Crippen LogP contribution in [0.25, 0.3) is 0 Å². The molecule has 0 radical (unpaired) electrons. The number of ether oxygens (including phenoxy) is 2. The summed E-state index contributed by atoms with van der Waals surface area (Å²) in [6.07, 6.45) is 14.0. The number of nitrogens with two attached hydrogens (primary N) is 1. The van der Waals surface area contributed by atoms with Crippen LogP contribution in [0.4, 0.5) is 0 Å². The van der Waals surface area contributed by atoms with Gasteiger partial charge in [0.05, 0.1) is 5.92 Å². The van der Waals surface area contributed by atoms with Gasteiger partial charge in [-0.25, -0.2) is 0 Å². The molecule has 3 rings (SSSR count). The fraction of sp³-hybridized carbons (Fsp3) is 0.745. The number of fused-ring (bicyclic) bond motifs is 1. The Kier molecular flexibility index (Phi) is 24.1. The third-order valence-electron chi connectivity index (χ3n) is 14.0. The molecule has 68 heavy (non-hydrogen) atoms. The van der Waals surface area contributed by atoms with Crippen molar-refractivity contribution in [3.8, 4) is 11.5 Å². The molecule has 1 aliphatic heterocycles. The average molecular weight is 975 g/mol. The quantitative estimate of drug-likeness (QED) is 0.0227. The van der Waals surface area contributed by atoms with Crippen molar-refractivity contribution in [1.29, 1.82) is 0 Å². The predicted octanol–water partition coefficient (Wildman–Crippen LogP) is 7.27. The Hall–Kier alpha value is -4.38. The first kappa shape index (κ1) is 57.9. The van der Waals surface area contributed by atoms with Crippen molar-refractivity contribution in [3.05, 3.63) is 22.3 Å². The summed E-state index contributed by atoms with van der Waals surface area (Å²) in [5, 5.41) is 35.3. The SMILES string of the molecule is Cc1c(C)c2c(c(C)c1OC(=O)C(CSC[C@H](NC(=O)CC[C@H](N)C(=O)O)C(=O)NCC(=O)O)C(=O)NCC1CCC(C(=O)O)CC1)CCC(C)(CCCC(C)CCCC(C)CCCC(C)C)O2. The number of hydrogen-bond donors (Lipinski definition) is 7. The van der Waals surface area contributed by atoms with Crippen molar-refractivity contribution in [2.45, 2.75) is 182 Å². The zero-order valence-corrected chi connectivity index (χ0v) is 42.8. The molecule has 1 aromatic carbocycles. The van der Waals surface area contributed by atoms with Crippen LogP contribution in [0.15, 0.2) is 0 Å². The van der Waals surface area contributed by atoms with Crippen molar-refractivity contribution >= 4 is 53.4 Å². The van der Waals surface area contributed by atoms with Gasteiger partial charge >= 0.3 is 23.9 Å². The van der Waals surface area contributed by atoms with Gasteiger partial charge in [0.2, 0.25) is 17.7 Å². The van der Waals surface area contributed by atoms with E-state index in [1.807, 2.05) is 20.8 Å². The van der Waals surface area contributed by atoms with Crippen LogP contribution in [0.1, 0.15) is 160 Å². The van der Waals surface area contributed by atoms with Crippen molar-refractivity contribution < 1.29 is 58.4 Å². The number of esters is 1. The van der Waals surface area contributed by atoms with Gasteiger partial charge in [0, 0.05) is 30.0 Å². The molecule has 6 atom stereocenters. The minimum atomic E-state index is -1.38. The average Bonchev–Trinajstić information content (AvgIpc) is 3.27. The molecule has 0 spiro atoms. The topological polar surface area (TPSA) is 261 Å². The number of amides is 3. The minimum absolute atomic E-state index is 0.00978. The highest BCUT2D eigenvalue weighted by Gasteiger charge is 2.37. The van der Waals surface area contributed by atoms with E-state index >= 15 is 0 Å². The number of carboxylic acids is 3. The standard InChI is InChI=1S/C51H82N4O12S/c1-30(2)12-9-13-31(3)14-10-15-32(4)16-11-24-51(8)25-23-38-35(7)44(33(5)34(6)45(38)67-51)66-50(65)39(46(59)53-26-36-17-19-37(20-18-36)48(61)62)28-68-29-41(47(60)54-27-43(57)58)55-42(56)22-21-40(52)49(63)64/h30-32,36-37,39-41H,9-29,52H2,1-8H3,(H,53,59)(H,54,60)(H,55,56)(H,57,58)(H,61,62)(H,63,64)/t31?,32?,36?,37?,39?,40-,41-,51?/m0/s1. The molecule has 1 saturated carbocycles. The van der Waals surface area contributed by atoms with E-state index in [4.69, 9.17) is 25.4 Å². The molecular formula is C51H82N4O12S. The monoisotopic (exact) mass is 975 g/mol. The van der Waals surface area contributed by atoms with Gasteiger partial charge in [-0.15, -0.1) is 0 Å². The number of thioether (sulfide) groups is 1. The van der Waals surface area contributed by atoms with Crippen LogP contribution in [-0.2, 0) is 40.0 Å². The second-order valence-electron chi connectivity index (χ2n) is 20.4. The van der Waals surface area contributed by atoms with Gasteiger partial charge in [0.15, 0.2) is 0 Å². The van der Waals surface area contributed by atoms with Gasteiger partial charge < -0.3 is 46.5 Å². The van der Waals surface area contributed by atoms with Gasteiger partial charge in [0.1, 0.15) is 41.6 Å². The molecule has 4 unspecified atom stereocenters. The number of rotatable bonds is 30. The molecule has 2 aliphatic rings. The first-order chi connectivity index (χ1) is 32.0. The molecule has 0 aromatic heterocycles. The number of carbonyl (C=O) groups is 7. The van der Waals surface area contributed by atoms with Crippen LogP contribution in [0, 0.1) is 56.3 Å². The Morgan fingerprint density at radius 1 is 0.794 bits per heavy atom. The summed E-state index contributed by atoms with van der Waals surface area (Å²) in [6, 6.07) is -2.62. The van der Waals surface area contributed by atoms with Gasteiger partial charge in [-0.05, 0) is 126 Å². The van der Waals surface area contributed by atoms with Crippen molar-refractivity contribution in [2.75, 3.05) is 24.6 Å². The van der Waals surface area contributed by atoms with E-state index in [0.29, 0.717) is 42.9 Å². The number of aliphatic carboxylic acids is 3. The van der Waals surface area contributed by atoms with Crippen molar-refractivity contribution in [3.63, 3.8) is 0 Å². The van der Waals surface area contributed by atoms with E-state index in [-0.39, 0.29) is 42.4 Å². The van der Waals surface area contributed by atoms with Crippen LogP contribution in [0.2, 0.25) is 0 Å². The summed E-state index contributed by atoms with van der Waals surface area (Å²) in [4.78, 5) is 87.9. The normalized spacial score (nSPS) is 20.1. The Balaban J connectivity index is 1.74. The minimum Gasteiger partial charge on any atom is -0.487 e. The summed E-state index contributed by atoms with van der Waals surface area (Å²) in [5.74, 6) is -5.27. The first-order valence-corrected chi connectivity index (χ1v) is 26.1. The van der Waals surface area contributed by atoms with E-state index in [0.717, 1.165) is 78.1 Å². The van der Waals surface area contributed by atoms with Crippen LogP contribution < -0.4 is 31.2 Å². The zero-order chi connectivity index (χ0) is 50.7. The Morgan fingerprint density at radius 3 is 2.00 bits per heavy atom. The van der Waals surface area contributed by atoms with E-state index in [1.54, 1.807) is 0 Å². The lowest BCUT2D eigenvalue weighted by Gasteiger charge is -2.38. The van der Waals surface area contributed by atoms with Crippen LogP contribution >= 0.6 is 11.8 Å². The number of benzene rings is 1. The maximum atomic E-state index is 14.2. The number of carboxylic acid groups (broad SMARTS) is 3. The Bertz CT molecular complexity index is 1880. The number of hydrogen-bond acceptors (Lipinski definition) is 11. The van der Waals surface area contributed by atoms with Crippen molar-refractivity contribution in [1.82, 2.24) is 16.0 Å².